The van der Waals surface area contributed by atoms with Crippen molar-refractivity contribution in [3.8, 4) is 0 Å². The molecule has 3 aromatic carbocycles. The first-order valence-electron chi connectivity index (χ1n) is 11.1. The minimum atomic E-state index is -4.53. The van der Waals surface area contributed by atoms with Gasteiger partial charge in [0.2, 0.25) is 11.8 Å². The number of anilines is 1. The quantitative estimate of drug-likeness (QED) is 0.318. The third-order valence-electron chi connectivity index (χ3n) is 5.48. The molecule has 0 saturated carbocycles. The van der Waals surface area contributed by atoms with Gasteiger partial charge in [-0.25, -0.2) is 4.99 Å². The lowest BCUT2D eigenvalue weighted by atomic mass is 10.1. The maximum absolute atomic E-state index is 13.2. The number of amides is 2. The highest BCUT2D eigenvalue weighted by atomic mass is 79.9. The Morgan fingerprint density at radius 2 is 1.81 bits per heavy atom. The molecule has 1 heterocycles. The van der Waals surface area contributed by atoms with Crippen LogP contribution in [0.2, 0.25) is 5.02 Å². The second-order valence-corrected chi connectivity index (χ2v) is 10.7. The Morgan fingerprint density at radius 3 is 2.49 bits per heavy atom. The molecule has 1 atom stereocenters. The van der Waals surface area contributed by atoms with Gasteiger partial charge in [-0.05, 0) is 66.6 Å². The largest absolute Gasteiger partial charge is 0.416 e. The number of aliphatic imine (C=N–C) groups is 1. The van der Waals surface area contributed by atoms with Crippen molar-refractivity contribution in [2.45, 2.75) is 24.3 Å². The van der Waals surface area contributed by atoms with Crippen LogP contribution in [0.25, 0.3) is 0 Å². The zero-order valence-corrected chi connectivity index (χ0v) is 22.3. The fraction of sp³-hybridized carbons (Fsp3) is 0.192. The molecule has 1 N–H and O–H groups in total. The normalized spacial score (nSPS) is 17.2. The molecule has 192 valence electrons. The van der Waals surface area contributed by atoms with Crippen molar-refractivity contribution >= 4 is 67.6 Å². The lowest BCUT2D eigenvalue weighted by molar-refractivity contribution is -0.137. The monoisotopic (exact) mass is 609 g/mol. The summed E-state index contributed by atoms with van der Waals surface area (Å²) in [6.45, 7) is 0.242. The Kier molecular flexibility index (Phi) is 8.61. The van der Waals surface area contributed by atoms with E-state index in [1.54, 1.807) is 36.4 Å². The molecule has 1 aliphatic rings. The van der Waals surface area contributed by atoms with Crippen molar-refractivity contribution < 1.29 is 22.8 Å². The fourth-order valence-corrected chi connectivity index (χ4v) is 5.09. The van der Waals surface area contributed by atoms with Crippen LogP contribution >= 0.6 is 39.3 Å². The van der Waals surface area contributed by atoms with Crippen molar-refractivity contribution in [2.75, 3.05) is 11.9 Å². The maximum Gasteiger partial charge on any atom is 0.416 e. The van der Waals surface area contributed by atoms with E-state index in [4.69, 9.17) is 11.6 Å². The van der Waals surface area contributed by atoms with Gasteiger partial charge in [0.15, 0.2) is 5.17 Å². The Bertz CT molecular complexity index is 1320. The molecule has 37 heavy (non-hydrogen) atoms. The average Bonchev–Trinajstić information content (AvgIpc) is 2.85. The van der Waals surface area contributed by atoms with E-state index in [1.807, 2.05) is 12.1 Å². The standard InChI is InChI=1S/C26H20BrClF3N3O2S/c27-18-6-10-20(11-7-18)32-24(36)22-15-23(35)34(13-12-16-4-8-19(28)9-5-16)25(37-22)33-21-3-1-2-17(14-21)26(29,30)31/h1-11,14,22H,12-13,15H2,(H,32,36). The predicted molar refractivity (Wildman–Crippen MR) is 144 cm³/mol. The number of rotatable bonds is 6. The molecule has 2 amide bonds. The molecule has 11 heteroatoms. The average molecular weight is 611 g/mol. The summed E-state index contributed by atoms with van der Waals surface area (Å²) in [5, 5.41) is 2.73. The number of carbonyl (C=O) groups is 2. The fourth-order valence-electron chi connectivity index (χ4n) is 3.57. The number of alkyl halides is 3. The van der Waals surface area contributed by atoms with Crippen LogP contribution in [0, 0.1) is 0 Å². The number of halogens is 5. The Morgan fingerprint density at radius 1 is 1.11 bits per heavy atom. The number of hydrogen-bond acceptors (Lipinski definition) is 4. The Hall–Kier alpha value is -2.82. The molecule has 0 spiro atoms. The summed E-state index contributed by atoms with van der Waals surface area (Å²) in [6.07, 6.45) is -4.14. The van der Waals surface area contributed by atoms with E-state index in [2.05, 4.69) is 26.2 Å². The van der Waals surface area contributed by atoms with Gasteiger partial charge in [-0.1, -0.05) is 57.5 Å². The lowest BCUT2D eigenvalue weighted by Crippen LogP contribution is -2.46. The molecule has 1 saturated heterocycles. The van der Waals surface area contributed by atoms with Crippen molar-refractivity contribution in [1.29, 1.82) is 0 Å². The molecular weight excluding hydrogens is 591 g/mol. The second kappa shape index (κ2) is 11.7. The van der Waals surface area contributed by atoms with Gasteiger partial charge >= 0.3 is 6.18 Å². The number of amidine groups is 1. The zero-order valence-electron chi connectivity index (χ0n) is 19.1. The highest BCUT2D eigenvalue weighted by Gasteiger charge is 2.36. The molecule has 3 aromatic rings. The first kappa shape index (κ1) is 27.2. The van der Waals surface area contributed by atoms with E-state index < -0.39 is 22.9 Å². The first-order valence-corrected chi connectivity index (χ1v) is 13.2. The van der Waals surface area contributed by atoms with E-state index in [9.17, 15) is 22.8 Å². The molecule has 1 aliphatic heterocycles. The van der Waals surface area contributed by atoms with Crippen LogP contribution in [0.4, 0.5) is 24.5 Å². The third kappa shape index (κ3) is 7.37. The van der Waals surface area contributed by atoms with Crippen molar-refractivity contribution in [3.05, 3.63) is 93.4 Å². The summed E-state index contributed by atoms with van der Waals surface area (Å²) in [7, 11) is 0. The maximum atomic E-state index is 13.2. The van der Waals surface area contributed by atoms with E-state index in [-0.39, 0.29) is 29.7 Å². The van der Waals surface area contributed by atoms with Gasteiger partial charge in [0.05, 0.1) is 11.3 Å². The van der Waals surface area contributed by atoms with E-state index in [0.717, 1.165) is 33.9 Å². The highest BCUT2D eigenvalue weighted by molar-refractivity contribution is 9.10. The van der Waals surface area contributed by atoms with Crippen molar-refractivity contribution in [1.82, 2.24) is 4.90 Å². The Labute approximate surface area is 229 Å². The summed E-state index contributed by atoms with van der Waals surface area (Å²) >= 11 is 10.3. The van der Waals surface area contributed by atoms with Crippen LogP contribution in [0.15, 0.2) is 82.3 Å². The summed E-state index contributed by atoms with van der Waals surface area (Å²) < 4.78 is 40.6. The predicted octanol–water partition coefficient (Wildman–Crippen LogP) is 7.32. The smallest absolute Gasteiger partial charge is 0.325 e. The number of hydrogen-bond donors (Lipinski definition) is 1. The van der Waals surface area contributed by atoms with Gasteiger partial charge in [-0.2, -0.15) is 13.2 Å². The molecule has 1 fully saturated rings. The molecule has 0 aliphatic carbocycles. The molecule has 5 nitrogen and oxygen atoms in total. The molecule has 4 rings (SSSR count). The first-order chi connectivity index (χ1) is 17.6. The number of nitrogens with one attached hydrogen (secondary N) is 1. The number of carbonyl (C=O) groups excluding carboxylic acids is 2. The second-order valence-electron chi connectivity index (χ2n) is 8.17. The summed E-state index contributed by atoms with van der Waals surface area (Å²) in [5.74, 6) is -0.732. The zero-order chi connectivity index (χ0) is 26.6. The van der Waals surface area contributed by atoms with Gasteiger partial charge in [0.25, 0.3) is 0 Å². The molecular formula is C26H20BrClF3N3O2S. The van der Waals surface area contributed by atoms with Gasteiger partial charge in [-0.3, -0.25) is 14.5 Å². The Balaban J connectivity index is 1.59. The summed E-state index contributed by atoms with van der Waals surface area (Å²) in [4.78, 5) is 31.9. The van der Waals surface area contributed by atoms with Gasteiger partial charge in [0.1, 0.15) is 5.25 Å². The van der Waals surface area contributed by atoms with Crippen LogP contribution in [-0.2, 0) is 22.2 Å². The van der Waals surface area contributed by atoms with Gasteiger partial charge in [0, 0.05) is 28.1 Å². The van der Waals surface area contributed by atoms with E-state index >= 15 is 0 Å². The van der Waals surface area contributed by atoms with Crippen LogP contribution in [0.3, 0.4) is 0 Å². The number of benzene rings is 3. The summed E-state index contributed by atoms with van der Waals surface area (Å²) in [6, 6.07) is 18.7. The van der Waals surface area contributed by atoms with Crippen molar-refractivity contribution in [2.24, 2.45) is 4.99 Å². The van der Waals surface area contributed by atoms with E-state index in [0.29, 0.717) is 17.1 Å². The topological polar surface area (TPSA) is 61.8 Å². The number of nitrogens with zero attached hydrogens (tertiary/aromatic N) is 2. The van der Waals surface area contributed by atoms with Crippen molar-refractivity contribution in [3.63, 3.8) is 0 Å². The van der Waals surface area contributed by atoms with Crippen LogP contribution in [0.5, 0.6) is 0 Å². The highest BCUT2D eigenvalue weighted by Crippen LogP contribution is 2.34. The van der Waals surface area contributed by atoms with Gasteiger partial charge < -0.3 is 5.32 Å². The summed E-state index contributed by atoms with van der Waals surface area (Å²) in [5.41, 5.74) is 0.674. The minimum Gasteiger partial charge on any atom is -0.325 e. The van der Waals surface area contributed by atoms with Crippen LogP contribution in [-0.4, -0.2) is 33.7 Å². The van der Waals surface area contributed by atoms with Gasteiger partial charge in [-0.15, -0.1) is 0 Å². The molecule has 0 radical (unpaired) electrons. The number of thioether (sulfide) groups is 1. The SMILES string of the molecule is O=C(Nc1ccc(Br)cc1)C1CC(=O)N(CCc2ccc(Cl)cc2)C(=Nc2cccc(C(F)(F)F)c2)S1. The minimum absolute atomic E-state index is 0.0376. The lowest BCUT2D eigenvalue weighted by Gasteiger charge is -2.32. The molecule has 0 bridgehead atoms. The molecule has 0 aromatic heterocycles. The third-order valence-corrected chi connectivity index (χ3v) is 7.45. The van der Waals surface area contributed by atoms with E-state index in [1.165, 1.54) is 17.0 Å². The molecule has 1 unspecified atom stereocenters. The van der Waals surface area contributed by atoms with Crippen LogP contribution in [0.1, 0.15) is 17.5 Å². The van der Waals surface area contributed by atoms with Crippen LogP contribution < -0.4 is 5.32 Å².